The van der Waals surface area contributed by atoms with Crippen LogP contribution < -0.4 is 0 Å². The molecule has 0 aromatic rings. The van der Waals surface area contributed by atoms with Crippen LogP contribution >= 0.6 is 11.6 Å². The Morgan fingerprint density at radius 3 is 2.20 bits per heavy atom. The quantitative estimate of drug-likeness (QED) is 0.388. The van der Waals surface area contributed by atoms with E-state index in [4.69, 9.17) is 21.8 Å². The Bertz CT molecular complexity index is 89.6. The molecule has 0 aliphatic rings. The van der Waals surface area contributed by atoms with Crippen LogP contribution in [0.4, 0.5) is 0 Å². The van der Waals surface area contributed by atoms with Gasteiger partial charge in [0.15, 0.2) is 0 Å². The fourth-order valence-electron chi connectivity index (χ4n) is 0.570. The van der Waals surface area contributed by atoms with Gasteiger partial charge < -0.3 is 0 Å². The van der Waals surface area contributed by atoms with E-state index in [0.29, 0.717) is 5.92 Å². The number of carbonyl (C=O) groups excluding carboxylic acids is 1. The van der Waals surface area contributed by atoms with Crippen LogP contribution in [0.1, 0.15) is 26.7 Å². The second-order valence-corrected chi connectivity index (χ2v) is 2.46. The summed E-state index contributed by atoms with van der Waals surface area (Å²) in [4.78, 5) is 8.35. The molecule has 60 valence electrons. The summed E-state index contributed by atoms with van der Waals surface area (Å²) in [7, 11) is 0. The Morgan fingerprint density at radius 1 is 1.70 bits per heavy atom. The van der Waals surface area contributed by atoms with Gasteiger partial charge in [-0.05, 0) is 12.3 Å². The van der Waals surface area contributed by atoms with E-state index in [1.54, 1.807) is 0 Å². The van der Waals surface area contributed by atoms with E-state index in [9.17, 15) is 0 Å². The van der Waals surface area contributed by atoms with Crippen molar-refractivity contribution >= 4 is 17.7 Å². The van der Waals surface area contributed by atoms with Gasteiger partial charge in [0.1, 0.15) is 0 Å². The lowest BCUT2D eigenvalue weighted by Gasteiger charge is -2.01. The minimum atomic E-state index is 0.715. The van der Waals surface area contributed by atoms with Crippen LogP contribution in [0.5, 0.6) is 0 Å². The van der Waals surface area contributed by atoms with Crippen molar-refractivity contribution in [3.8, 4) is 0 Å². The molecule has 0 spiro atoms. The first-order valence-corrected chi connectivity index (χ1v) is 3.86. The van der Waals surface area contributed by atoms with Crippen molar-refractivity contribution in [2.24, 2.45) is 5.92 Å². The van der Waals surface area contributed by atoms with Gasteiger partial charge in [-0.15, -0.1) is 11.6 Å². The predicted molar refractivity (Wildman–Crippen MR) is 43.2 cm³/mol. The summed E-state index contributed by atoms with van der Waals surface area (Å²) >= 11 is 5.53. The maximum absolute atomic E-state index is 8.35. The van der Waals surface area contributed by atoms with E-state index in [0.717, 1.165) is 12.0 Å². The summed E-state index contributed by atoms with van der Waals surface area (Å²) in [6.45, 7) is 4.36. The lowest BCUT2D eigenvalue weighted by atomic mass is 10.1. The highest BCUT2D eigenvalue weighted by atomic mass is 35.5. The number of hydrogen-bond acceptors (Lipinski definition) is 2. The molecular formula is C7H14ClNO. The second kappa shape index (κ2) is 11.5. The Morgan fingerprint density at radius 2 is 2.10 bits per heavy atom. The highest BCUT2D eigenvalue weighted by molar-refractivity contribution is 6.18. The first-order valence-electron chi connectivity index (χ1n) is 3.32. The van der Waals surface area contributed by atoms with E-state index >= 15 is 0 Å². The van der Waals surface area contributed by atoms with Crippen LogP contribution in [0.2, 0.25) is 0 Å². The molecule has 0 fully saturated rings. The number of hydrogen-bond donors (Lipinski definition) is 1. The van der Waals surface area contributed by atoms with Crippen molar-refractivity contribution in [2.75, 3.05) is 5.88 Å². The third kappa shape index (κ3) is 15.6. The molecule has 1 N–H and O–H groups in total. The van der Waals surface area contributed by atoms with E-state index < -0.39 is 0 Å². The second-order valence-electron chi connectivity index (χ2n) is 2.15. The van der Waals surface area contributed by atoms with Crippen molar-refractivity contribution in [1.29, 1.82) is 5.41 Å². The van der Waals surface area contributed by atoms with Crippen LogP contribution in [-0.4, -0.2) is 12.0 Å². The molecule has 3 heteroatoms. The fourth-order valence-corrected chi connectivity index (χ4v) is 0.724. The maximum atomic E-state index is 8.35. The largest absolute Gasteiger partial charge is 0.231 e. The minimum absolute atomic E-state index is 0.715. The Kier molecular flexibility index (Phi) is 14.2. The molecule has 1 unspecified atom stereocenters. The van der Waals surface area contributed by atoms with Gasteiger partial charge in [-0.3, -0.25) is 0 Å². The number of nitrogens with one attached hydrogen (secondary N) is 1. The van der Waals surface area contributed by atoms with Crippen molar-refractivity contribution in [3.63, 3.8) is 0 Å². The van der Waals surface area contributed by atoms with Crippen LogP contribution in [0.15, 0.2) is 0 Å². The number of alkyl halides is 1. The number of rotatable bonds is 3. The fraction of sp³-hybridized carbons (Fsp3) is 0.857. The molecule has 1 atom stereocenters. The molecule has 0 aliphatic carbocycles. The Hall–Kier alpha value is -0.330. The summed E-state index contributed by atoms with van der Waals surface area (Å²) < 4.78 is 0. The lowest BCUT2D eigenvalue weighted by Crippen LogP contribution is -1.92. The zero-order chi connectivity index (χ0) is 8.41. The smallest absolute Gasteiger partial charge is 0.222 e. The molecule has 0 aromatic carbocycles. The van der Waals surface area contributed by atoms with Crippen molar-refractivity contribution in [1.82, 2.24) is 0 Å². The Balaban J connectivity index is 0. The molecule has 0 saturated carbocycles. The third-order valence-electron chi connectivity index (χ3n) is 1.04. The molecule has 10 heavy (non-hydrogen) atoms. The number of isocyanates is 1. The summed E-state index contributed by atoms with van der Waals surface area (Å²) in [5.74, 6) is 1.53. The van der Waals surface area contributed by atoms with Crippen LogP contribution in [0.3, 0.4) is 0 Å². The van der Waals surface area contributed by atoms with Gasteiger partial charge in [0.25, 0.3) is 0 Å². The monoisotopic (exact) mass is 163 g/mol. The molecule has 0 heterocycles. The molecule has 0 amide bonds. The lowest BCUT2D eigenvalue weighted by molar-refractivity contribution is 0.563. The van der Waals surface area contributed by atoms with E-state index in [1.807, 2.05) is 0 Å². The molecule has 0 radical (unpaired) electrons. The Labute approximate surface area is 67.1 Å². The molecule has 0 rings (SSSR count). The third-order valence-corrected chi connectivity index (χ3v) is 1.57. The molecule has 0 aliphatic heterocycles. The summed E-state index contributed by atoms with van der Waals surface area (Å²) in [5, 5.41) is 5.40. The van der Waals surface area contributed by atoms with Crippen molar-refractivity contribution in [2.45, 2.75) is 26.7 Å². The first-order chi connectivity index (χ1) is 4.72. The average Bonchev–Trinajstić information content (AvgIpc) is 1.90. The van der Waals surface area contributed by atoms with Crippen molar-refractivity contribution in [3.05, 3.63) is 0 Å². The average molecular weight is 164 g/mol. The standard InChI is InChI=1S/C6H13Cl.CHNO/c1-3-4-6(2)5-7;2-1-3/h6H,3-5H2,1-2H3;2H. The van der Waals surface area contributed by atoms with Gasteiger partial charge >= 0.3 is 0 Å². The summed E-state index contributed by atoms with van der Waals surface area (Å²) in [5.41, 5.74) is 0. The van der Waals surface area contributed by atoms with E-state index in [2.05, 4.69) is 13.8 Å². The molecule has 0 bridgehead atoms. The van der Waals surface area contributed by atoms with Crippen LogP contribution in [0, 0.1) is 11.3 Å². The topological polar surface area (TPSA) is 40.9 Å². The normalized spacial score (nSPS) is 10.7. The summed E-state index contributed by atoms with van der Waals surface area (Å²) in [6.07, 6.45) is 3.28. The maximum Gasteiger partial charge on any atom is 0.231 e. The molecule has 0 aromatic heterocycles. The summed E-state index contributed by atoms with van der Waals surface area (Å²) in [6, 6.07) is 0. The minimum Gasteiger partial charge on any atom is -0.222 e. The molecule has 2 nitrogen and oxygen atoms in total. The van der Waals surface area contributed by atoms with Crippen LogP contribution in [-0.2, 0) is 4.79 Å². The van der Waals surface area contributed by atoms with Gasteiger partial charge in [0.05, 0.1) is 0 Å². The highest BCUT2D eigenvalue weighted by Crippen LogP contribution is 2.05. The highest BCUT2D eigenvalue weighted by Gasteiger charge is 1.94. The van der Waals surface area contributed by atoms with Gasteiger partial charge in [-0.2, -0.15) is 0 Å². The van der Waals surface area contributed by atoms with Gasteiger partial charge in [-0.25, -0.2) is 10.2 Å². The van der Waals surface area contributed by atoms with E-state index in [1.165, 1.54) is 12.8 Å². The SMILES string of the molecule is CCCC(C)CCl.N=C=O. The van der Waals surface area contributed by atoms with Gasteiger partial charge in [-0.1, -0.05) is 20.3 Å². The first kappa shape index (κ1) is 12.4. The van der Waals surface area contributed by atoms with E-state index in [-0.39, 0.29) is 0 Å². The van der Waals surface area contributed by atoms with Crippen molar-refractivity contribution < 1.29 is 4.79 Å². The van der Waals surface area contributed by atoms with Gasteiger partial charge in [0, 0.05) is 5.88 Å². The zero-order valence-corrected chi connectivity index (χ0v) is 7.24. The number of halogens is 1. The van der Waals surface area contributed by atoms with Gasteiger partial charge in [0.2, 0.25) is 6.08 Å². The molecule has 0 saturated heterocycles. The van der Waals surface area contributed by atoms with Crippen LogP contribution in [0.25, 0.3) is 0 Å². The zero-order valence-electron chi connectivity index (χ0n) is 6.48. The predicted octanol–water partition coefficient (Wildman–Crippen LogP) is 2.56. The molecular weight excluding hydrogens is 150 g/mol.